The Balaban J connectivity index is 2.21. The normalized spacial score (nSPS) is 22.8. The third-order valence-electron chi connectivity index (χ3n) is 3.54. The van der Waals surface area contributed by atoms with E-state index in [1.54, 1.807) is 0 Å². The highest BCUT2D eigenvalue weighted by Gasteiger charge is 2.24. The van der Waals surface area contributed by atoms with Gasteiger partial charge in [0.25, 0.3) is 5.91 Å². The fraction of sp³-hybridized carbons (Fsp3) is 0.462. The van der Waals surface area contributed by atoms with Gasteiger partial charge in [0.2, 0.25) is 10.0 Å². The SMILES string of the molecule is CC1CCC(NC(=O)c2cc(S(N)(=O)=O)ccc2Cl)C1. The predicted molar refractivity (Wildman–Crippen MR) is 77.1 cm³/mol. The van der Waals surface area contributed by atoms with Crippen LogP contribution >= 0.6 is 11.6 Å². The molecule has 1 aromatic rings. The summed E-state index contributed by atoms with van der Waals surface area (Å²) in [6, 6.07) is 3.98. The molecule has 0 spiro atoms. The van der Waals surface area contributed by atoms with E-state index in [9.17, 15) is 13.2 Å². The second kappa shape index (κ2) is 5.71. The largest absolute Gasteiger partial charge is 0.349 e. The number of hydrogen-bond donors (Lipinski definition) is 2. The number of amides is 1. The van der Waals surface area contributed by atoms with Gasteiger partial charge < -0.3 is 5.32 Å². The molecule has 20 heavy (non-hydrogen) atoms. The van der Waals surface area contributed by atoms with Crippen LogP contribution in [0.4, 0.5) is 0 Å². The smallest absolute Gasteiger partial charge is 0.253 e. The molecule has 1 aliphatic carbocycles. The Kier molecular flexibility index (Phi) is 4.36. The van der Waals surface area contributed by atoms with Gasteiger partial charge in [0.15, 0.2) is 0 Å². The van der Waals surface area contributed by atoms with Crippen LogP contribution in [-0.4, -0.2) is 20.4 Å². The van der Waals surface area contributed by atoms with Crippen molar-refractivity contribution in [2.24, 2.45) is 11.1 Å². The van der Waals surface area contributed by atoms with Crippen LogP contribution < -0.4 is 10.5 Å². The van der Waals surface area contributed by atoms with Gasteiger partial charge >= 0.3 is 0 Å². The van der Waals surface area contributed by atoms with E-state index in [4.69, 9.17) is 16.7 Å². The first-order valence-electron chi connectivity index (χ1n) is 6.40. The second-order valence-electron chi connectivity index (χ2n) is 5.28. The van der Waals surface area contributed by atoms with Gasteiger partial charge in [0, 0.05) is 6.04 Å². The number of rotatable bonds is 3. The number of hydrogen-bond acceptors (Lipinski definition) is 3. The van der Waals surface area contributed by atoms with Gasteiger partial charge in [-0.3, -0.25) is 4.79 Å². The minimum atomic E-state index is -3.85. The number of halogens is 1. The minimum absolute atomic E-state index is 0.117. The molecule has 110 valence electrons. The van der Waals surface area contributed by atoms with Gasteiger partial charge in [-0.25, -0.2) is 13.6 Å². The molecule has 0 saturated heterocycles. The number of carbonyl (C=O) groups excluding carboxylic acids is 1. The fourth-order valence-electron chi connectivity index (χ4n) is 2.46. The Labute approximate surface area is 123 Å². The van der Waals surface area contributed by atoms with Crippen LogP contribution in [0, 0.1) is 5.92 Å². The summed E-state index contributed by atoms with van der Waals surface area (Å²) >= 11 is 5.96. The topological polar surface area (TPSA) is 89.3 Å². The highest BCUT2D eigenvalue weighted by Crippen LogP contribution is 2.26. The maximum atomic E-state index is 12.2. The van der Waals surface area contributed by atoms with E-state index in [0.29, 0.717) is 5.92 Å². The number of nitrogens with one attached hydrogen (secondary N) is 1. The van der Waals surface area contributed by atoms with Crippen molar-refractivity contribution in [3.8, 4) is 0 Å². The summed E-state index contributed by atoms with van der Waals surface area (Å²) in [5.41, 5.74) is 0.137. The van der Waals surface area contributed by atoms with Crippen molar-refractivity contribution in [3.05, 3.63) is 28.8 Å². The average molecular weight is 317 g/mol. The molecule has 2 atom stereocenters. The van der Waals surface area contributed by atoms with E-state index in [2.05, 4.69) is 12.2 Å². The monoisotopic (exact) mass is 316 g/mol. The van der Waals surface area contributed by atoms with Crippen LogP contribution in [0.1, 0.15) is 36.5 Å². The van der Waals surface area contributed by atoms with Gasteiger partial charge in [-0.05, 0) is 43.4 Å². The van der Waals surface area contributed by atoms with Crippen molar-refractivity contribution in [3.63, 3.8) is 0 Å². The highest BCUT2D eigenvalue weighted by atomic mass is 35.5. The van der Waals surface area contributed by atoms with E-state index >= 15 is 0 Å². The summed E-state index contributed by atoms with van der Waals surface area (Å²) in [6.45, 7) is 2.14. The lowest BCUT2D eigenvalue weighted by Crippen LogP contribution is -2.33. The summed E-state index contributed by atoms with van der Waals surface area (Å²) in [4.78, 5) is 12.1. The first kappa shape index (κ1) is 15.3. The summed E-state index contributed by atoms with van der Waals surface area (Å²) in [6.07, 6.45) is 2.94. The van der Waals surface area contributed by atoms with Gasteiger partial charge in [-0.1, -0.05) is 18.5 Å². The van der Waals surface area contributed by atoms with Crippen molar-refractivity contribution in [1.29, 1.82) is 0 Å². The van der Waals surface area contributed by atoms with Crippen molar-refractivity contribution in [1.82, 2.24) is 5.32 Å². The quantitative estimate of drug-likeness (QED) is 0.892. The zero-order valence-electron chi connectivity index (χ0n) is 11.1. The molecule has 1 amide bonds. The minimum Gasteiger partial charge on any atom is -0.349 e. The second-order valence-corrected chi connectivity index (χ2v) is 7.24. The zero-order valence-corrected chi connectivity index (χ0v) is 12.7. The number of nitrogens with two attached hydrogens (primary N) is 1. The number of sulfonamides is 1. The van der Waals surface area contributed by atoms with Gasteiger partial charge in [-0.2, -0.15) is 0 Å². The molecule has 0 radical (unpaired) electrons. The Morgan fingerprint density at radius 3 is 2.65 bits per heavy atom. The standard InChI is InChI=1S/C13H17ClN2O3S/c1-8-2-3-9(6-8)16-13(17)11-7-10(20(15,18)19)4-5-12(11)14/h4-5,7-9H,2-3,6H2,1H3,(H,16,17)(H2,15,18,19). The van der Waals surface area contributed by atoms with Crippen molar-refractivity contribution in [2.45, 2.75) is 37.1 Å². The van der Waals surface area contributed by atoms with Gasteiger partial charge in [0.1, 0.15) is 0 Å². The van der Waals surface area contributed by atoms with Gasteiger partial charge in [0.05, 0.1) is 15.5 Å². The zero-order chi connectivity index (χ0) is 14.9. The molecule has 5 nitrogen and oxygen atoms in total. The molecule has 1 aromatic carbocycles. The molecule has 7 heteroatoms. The maximum Gasteiger partial charge on any atom is 0.253 e. The Bertz CT molecular complexity index is 631. The molecule has 0 aliphatic heterocycles. The third-order valence-corrected chi connectivity index (χ3v) is 4.78. The number of carbonyl (C=O) groups is 1. The highest BCUT2D eigenvalue weighted by molar-refractivity contribution is 7.89. The predicted octanol–water partition coefficient (Wildman–Crippen LogP) is 1.91. The van der Waals surface area contributed by atoms with E-state index < -0.39 is 10.0 Å². The average Bonchev–Trinajstić information content (AvgIpc) is 2.73. The molecule has 2 rings (SSSR count). The lowest BCUT2D eigenvalue weighted by molar-refractivity contribution is 0.0937. The van der Waals surface area contributed by atoms with Crippen molar-refractivity contribution in [2.75, 3.05) is 0 Å². The Morgan fingerprint density at radius 2 is 2.10 bits per heavy atom. The molecule has 3 N–H and O–H groups in total. The van der Waals surface area contributed by atoms with E-state index in [1.807, 2.05) is 0 Å². The lowest BCUT2D eigenvalue weighted by Gasteiger charge is -2.13. The van der Waals surface area contributed by atoms with Crippen molar-refractivity contribution < 1.29 is 13.2 Å². The molecule has 1 saturated carbocycles. The van der Waals surface area contributed by atoms with Crippen LogP contribution in [0.2, 0.25) is 5.02 Å². The van der Waals surface area contributed by atoms with Crippen LogP contribution in [0.25, 0.3) is 0 Å². The van der Waals surface area contributed by atoms with Crippen LogP contribution in [-0.2, 0) is 10.0 Å². The van der Waals surface area contributed by atoms with E-state index in [0.717, 1.165) is 19.3 Å². The molecular weight excluding hydrogens is 300 g/mol. The van der Waals surface area contributed by atoms with Crippen LogP contribution in [0.5, 0.6) is 0 Å². The molecular formula is C13H17ClN2O3S. The van der Waals surface area contributed by atoms with Crippen LogP contribution in [0.15, 0.2) is 23.1 Å². The Morgan fingerprint density at radius 1 is 1.40 bits per heavy atom. The van der Waals surface area contributed by atoms with Gasteiger partial charge in [-0.15, -0.1) is 0 Å². The molecule has 0 aromatic heterocycles. The molecule has 0 heterocycles. The Hall–Kier alpha value is -1.11. The molecule has 2 unspecified atom stereocenters. The molecule has 0 bridgehead atoms. The maximum absolute atomic E-state index is 12.2. The number of primary sulfonamides is 1. The third kappa shape index (κ3) is 3.50. The summed E-state index contributed by atoms with van der Waals surface area (Å²) < 4.78 is 22.6. The van der Waals surface area contributed by atoms with Crippen LogP contribution in [0.3, 0.4) is 0 Å². The molecule has 1 fully saturated rings. The lowest BCUT2D eigenvalue weighted by atomic mass is 10.1. The molecule has 1 aliphatic rings. The fourth-order valence-corrected chi connectivity index (χ4v) is 3.20. The summed E-state index contributed by atoms with van der Waals surface area (Å²) in [7, 11) is -3.85. The van der Waals surface area contributed by atoms with E-state index in [-0.39, 0.29) is 27.4 Å². The van der Waals surface area contributed by atoms with Crippen molar-refractivity contribution >= 4 is 27.5 Å². The number of benzene rings is 1. The summed E-state index contributed by atoms with van der Waals surface area (Å²) in [5.74, 6) is 0.228. The first-order valence-corrected chi connectivity index (χ1v) is 8.33. The van der Waals surface area contributed by atoms with E-state index in [1.165, 1.54) is 18.2 Å². The first-order chi connectivity index (χ1) is 9.27. The summed E-state index contributed by atoms with van der Waals surface area (Å²) in [5, 5.41) is 8.15.